The lowest BCUT2D eigenvalue weighted by Crippen LogP contribution is -2.40. The van der Waals surface area contributed by atoms with E-state index in [1.807, 2.05) is 0 Å². The van der Waals surface area contributed by atoms with E-state index in [-0.39, 0.29) is 11.7 Å². The second-order valence-corrected chi connectivity index (χ2v) is 5.29. The molecule has 0 aromatic carbocycles. The van der Waals surface area contributed by atoms with Gasteiger partial charge in [-0.3, -0.25) is 4.79 Å². The van der Waals surface area contributed by atoms with Crippen LogP contribution in [0, 0.1) is 5.92 Å². The highest BCUT2D eigenvalue weighted by molar-refractivity contribution is 5.89. The fraction of sp³-hybridized carbons (Fsp3) is 0.923. The van der Waals surface area contributed by atoms with Crippen LogP contribution in [-0.2, 0) is 4.79 Å². The van der Waals surface area contributed by atoms with Crippen molar-refractivity contribution < 1.29 is 9.90 Å². The molecule has 0 spiro atoms. The van der Waals surface area contributed by atoms with E-state index < -0.39 is 5.60 Å². The molecule has 0 saturated heterocycles. The molecule has 0 aliphatic heterocycles. The Hall–Kier alpha value is -0.370. The fourth-order valence-corrected chi connectivity index (χ4v) is 3.13. The van der Waals surface area contributed by atoms with E-state index in [0.29, 0.717) is 12.8 Å². The van der Waals surface area contributed by atoms with Gasteiger partial charge in [0.15, 0.2) is 5.78 Å². The van der Waals surface area contributed by atoms with E-state index >= 15 is 0 Å². The Morgan fingerprint density at radius 2 is 1.47 bits per heavy atom. The van der Waals surface area contributed by atoms with Crippen LogP contribution in [0.4, 0.5) is 0 Å². The van der Waals surface area contributed by atoms with Gasteiger partial charge in [0.1, 0.15) is 5.60 Å². The highest BCUT2D eigenvalue weighted by Gasteiger charge is 2.41. The first-order valence-corrected chi connectivity index (χ1v) is 6.49. The van der Waals surface area contributed by atoms with Gasteiger partial charge in [0.2, 0.25) is 0 Å². The SMILES string of the molecule is O=C(C1CCCCCC1)C1(O)CCCC1. The van der Waals surface area contributed by atoms with Gasteiger partial charge in [-0.2, -0.15) is 0 Å². The monoisotopic (exact) mass is 210 g/mol. The van der Waals surface area contributed by atoms with Crippen molar-refractivity contribution in [2.24, 2.45) is 5.92 Å². The van der Waals surface area contributed by atoms with E-state index in [0.717, 1.165) is 25.7 Å². The molecule has 2 aliphatic carbocycles. The zero-order valence-corrected chi connectivity index (χ0v) is 9.50. The van der Waals surface area contributed by atoms with Crippen LogP contribution in [-0.4, -0.2) is 16.5 Å². The second kappa shape index (κ2) is 4.65. The van der Waals surface area contributed by atoms with Crippen LogP contribution in [0.15, 0.2) is 0 Å². The molecule has 86 valence electrons. The molecule has 0 unspecified atom stereocenters. The quantitative estimate of drug-likeness (QED) is 0.712. The van der Waals surface area contributed by atoms with E-state index in [2.05, 4.69) is 0 Å². The summed E-state index contributed by atoms with van der Waals surface area (Å²) < 4.78 is 0. The maximum atomic E-state index is 12.2. The van der Waals surface area contributed by atoms with E-state index in [1.165, 1.54) is 25.7 Å². The minimum atomic E-state index is -0.936. The largest absolute Gasteiger partial charge is 0.382 e. The topological polar surface area (TPSA) is 37.3 Å². The number of carbonyl (C=O) groups excluding carboxylic acids is 1. The summed E-state index contributed by atoms with van der Waals surface area (Å²) in [7, 11) is 0. The third-order valence-electron chi connectivity index (χ3n) is 4.12. The standard InChI is InChI=1S/C13H22O2/c14-12(13(15)9-5-6-10-13)11-7-3-1-2-4-8-11/h11,15H,1-10H2. The summed E-state index contributed by atoms with van der Waals surface area (Å²) in [4.78, 5) is 12.2. The van der Waals surface area contributed by atoms with E-state index in [4.69, 9.17) is 0 Å². The Kier molecular flexibility index (Phi) is 3.45. The van der Waals surface area contributed by atoms with Crippen LogP contribution in [0.1, 0.15) is 64.2 Å². The Labute approximate surface area is 92.1 Å². The maximum absolute atomic E-state index is 12.2. The molecule has 0 aromatic heterocycles. The van der Waals surface area contributed by atoms with Crippen LogP contribution < -0.4 is 0 Å². The Morgan fingerprint density at radius 3 is 2.00 bits per heavy atom. The Bertz CT molecular complexity index is 221. The molecule has 2 saturated carbocycles. The first-order chi connectivity index (χ1) is 7.22. The van der Waals surface area contributed by atoms with Crippen molar-refractivity contribution >= 4 is 5.78 Å². The molecule has 2 nitrogen and oxygen atoms in total. The van der Waals surface area contributed by atoms with Crippen molar-refractivity contribution in [2.75, 3.05) is 0 Å². The van der Waals surface area contributed by atoms with Crippen LogP contribution in [0.25, 0.3) is 0 Å². The molecule has 2 heteroatoms. The van der Waals surface area contributed by atoms with Gasteiger partial charge in [-0.1, -0.05) is 25.7 Å². The van der Waals surface area contributed by atoms with Crippen LogP contribution in [0.3, 0.4) is 0 Å². The molecule has 2 fully saturated rings. The van der Waals surface area contributed by atoms with Gasteiger partial charge in [-0.05, 0) is 38.5 Å². The van der Waals surface area contributed by atoms with Crippen molar-refractivity contribution in [2.45, 2.75) is 69.8 Å². The molecular formula is C13H22O2. The Balaban J connectivity index is 1.98. The highest BCUT2D eigenvalue weighted by Crippen LogP contribution is 2.35. The fourth-order valence-electron chi connectivity index (χ4n) is 3.13. The van der Waals surface area contributed by atoms with Gasteiger partial charge in [-0.25, -0.2) is 0 Å². The first kappa shape index (κ1) is 11.1. The van der Waals surface area contributed by atoms with E-state index in [1.54, 1.807) is 0 Å². The van der Waals surface area contributed by atoms with Gasteiger partial charge in [-0.15, -0.1) is 0 Å². The van der Waals surface area contributed by atoms with Crippen molar-refractivity contribution in [1.82, 2.24) is 0 Å². The molecule has 0 aromatic rings. The predicted molar refractivity (Wildman–Crippen MR) is 59.6 cm³/mol. The number of hydrogen-bond donors (Lipinski definition) is 1. The zero-order valence-electron chi connectivity index (χ0n) is 9.50. The minimum absolute atomic E-state index is 0.163. The van der Waals surface area contributed by atoms with Crippen LogP contribution in [0.2, 0.25) is 0 Å². The molecule has 0 amide bonds. The smallest absolute Gasteiger partial charge is 0.167 e. The summed E-state index contributed by atoms with van der Waals surface area (Å²) >= 11 is 0. The molecule has 0 radical (unpaired) electrons. The second-order valence-electron chi connectivity index (χ2n) is 5.29. The third kappa shape index (κ3) is 2.41. The molecule has 0 bridgehead atoms. The zero-order chi connectivity index (χ0) is 10.7. The number of carbonyl (C=O) groups is 1. The lowest BCUT2D eigenvalue weighted by molar-refractivity contribution is -0.141. The van der Waals surface area contributed by atoms with Gasteiger partial charge < -0.3 is 5.11 Å². The summed E-state index contributed by atoms with van der Waals surface area (Å²) in [6.07, 6.45) is 10.4. The Morgan fingerprint density at radius 1 is 0.933 bits per heavy atom. The number of rotatable bonds is 2. The number of ketones is 1. The lowest BCUT2D eigenvalue weighted by atomic mass is 9.83. The van der Waals surface area contributed by atoms with Crippen LogP contribution in [0.5, 0.6) is 0 Å². The molecule has 0 heterocycles. The van der Waals surface area contributed by atoms with Gasteiger partial charge in [0, 0.05) is 5.92 Å². The molecule has 2 aliphatic rings. The van der Waals surface area contributed by atoms with Gasteiger partial charge >= 0.3 is 0 Å². The maximum Gasteiger partial charge on any atom is 0.167 e. The number of hydrogen-bond acceptors (Lipinski definition) is 2. The first-order valence-electron chi connectivity index (χ1n) is 6.49. The van der Waals surface area contributed by atoms with E-state index in [9.17, 15) is 9.90 Å². The summed E-state index contributed by atoms with van der Waals surface area (Å²) in [6.45, 7) is 0. The van der Waals surface area contributed by atoms with Crippen LogP contribution >= 0.6 is 0 Å². The van der Waals surface area contributed by atoms with Crippen molar-refractivity contribution in [3.8, 4) is 0 Å². The van der Waals surface area contributed by atoms with Crippen molar-refractivity contribution in [1.29, 1.82) is 0 Å². The molecule has 2 rings (SSSR count). The highest BCUT2D eigenvalue weighted by atomic mass is 16.3. The molecule has 0 atom stereocenters. The average molecular weight is 210 g/mol. The lowest BCUT2D eigenvalue weighted by Gasteiger charge is -2.25. The summed E-state index contributed by atoms with van der Waals surface area (Å²) in [5.74, 6) is 0.331. The summed E-state index contributed by atoms with van der Waals surface area (Å²) in [5, 5.41) is 10.3. The average Bonchev–Trinajstić information content (AvgIpc) is 2.54. The number of Topliss-reactive ketones (excluding diaryl/α,β-unsaturated/α-hetero) is 1. The predicted octanol–water partition coefficient (Wildman–Crippen LogP) is 2.83. The van der Waals surface area contributed by atoms with Crippen molar-refractivity contribution in [3.63, 3.8) is 0 Å². The third-order valence-corrected chi connectivity index (χ3v) is 4.12. The molecule has 15 heavy (non-hydrogen) atoms. The summed E-state index contributed by atoms with van der Waals surface area (Å²) in [6, 6.07) is 0. The molecular weight excluding hydrogens is 188 g/mol. The molecule has 1 N–H and O–H groups in total. The summed E-state index contributed by atoms with van der Waals surface area (Å²) in [5.41, 5.74) is -0.936. The van der Waals surface area contributed by atoms with Gasteiger partial charge in [0.25, 0.3) is 0 Å². The van der Waals surface area contributed by atoms with Gasteiger partial charge in [0.05, 0.1) is 0 Å². The number of aliphatic hydroxyl groups is 1. The van der Waals surface area contributed by atoms with Crippen molar-refractivity contribution in [3.05, 3.63) is 0 Å². The minimum Gasteiger partial charge on any atom is -0.382 e. The normalized spacial score (nSPS) is 27.5.